The molecule has 2 heterocycles. The number of hydrogen-bond donors (Lipinski definition) is 8. The van der Waals surface area contributed by atoms with E-state index >= 15 is 0 Å². The van der Waals surface area contributed by atoms with Crippen molar-refractivity contribution in [2.24, 2.45) is 50.2 Å². The van der Waals surface area contributed by atoms with Crippen molar-refractivity contribution in [3.05, 3.63) is 11.6 Å². The lowest BCUT2D eigenvalue weighted by Crippen LogP contribution is -2.67. The van der Waals surface area contributed by atoms with Crippen LogP contribution in [-0.2, 0) is 28.5 Å². The Balaban J connectivity index is 1.10. The van der Waals surface area contributed by atoms with Gasteiger partial charge in [0, 0.05) is 5.41 Å². The van der Waals surface area contributed by atoms with E-state index in [0.717, 1.165) is 57.8 Å². The van der Waals surface area contributed by atoms with Crippen LogP contribution in [0.15, 0.2) is 11.6 Å². The van der Waals surface area contributed by atoms with Crippen molar-refractivity contribution < 1.29 is 69.3 Å². The van der Waals surface area contributed by atoms with Gasteiger partial charge in [0.25, 0.3) is 0 Å². The van der Waals surface area contributed by atoms with Crippen LogP contribution in [0.3, 0.4) is 0 Å². The van der Waals surface area contributed by atoms with E-state index in [9.17, 15) is 45.6 Å². The Morgan fingerprint density at radius 3 is 2.04 bits per heavy atom. The molecule has 1 unspecified atom stereocenters. The van der Waals surface area contributed by atoms with Crippen LogP contribution in [0.4, 0.5) is 0 Å². The number of carbonyl (C=O) groups is 1. The van der Waals surface area contributed by atoms with E-state index in [4.69, 9.17) is 23.7 Å². The molecule has 2 saturated heterocycles. The van der Waals surface area contributed by atoms with Crippen LogP contribution in [0.1, 0.15) is 106 Å². The van der Waals surface area contributed by atoms with Crippen molar-refractivity contribution >= 4 is 5.97 Å². The van der Waals surface area contributed by atoms with Crippen LogP contribution >= 0.6 is 0 Å². The van der Waals surface area contributed by atoms with Gasteiger partial charge in [0.15, 0.2) is 12.6 Å². The fourth-order valence-electron chi connectivity index (χ4n) is 13.8. The van der Waals surface area contributed by atoms with Gasteiger partial charge in [-0.05, 0) is 104 Å². The zero-order chi connectivity index (χ0) is 41.7. The van der Waals surface area contributed by atoms with Crippen molar-refractivity contribution in [3.8, 4) is 0 Å². The summed E-state index contributed by atoms with van der Waals surface area (Å²) < 4.78 is 29.2. The minimum atomic E-state index is -1.68. The molecule has 0 spiro atoms. The van der Waals surface area contributed by atoms with Gasteiger partial charge in [0.05, 0.1) is 38.4 Å². The molecule has 2 aliphatic heterocycles. The summed E-state index contributed by atoms with van der Waals surface area (Å²) in [4.78, 5) is 13.6. The fraction of sp³-hybridized carbons (Fsp3) is 0.930. The first-order valence-corrected chi connectivity index (χ1v) is 21.3. The van der Waals surface area contributed by atoms with Gasteiger partial charge in [0.1, 0.15) is 48.8 Å². The van der Waals surface area contributed by atoms with Crippen molar-refractivity contribution in [1.29, 1.82) is 0 Å². The lowest BCUT2D eigenvalue weighted by molar-refractivity contribution is -0.347. The minimum absolute atomic E-state index is 0.0483. The van der Waals surface area contributed by atoms with Crippen molar-refractivity contribution in [3.63, 3.8) is 0 Å². The molecule has 7 aliphatic rings. The lowest BCUT2D eigenvalue weighted by Gasteiger charge is -2.71. The Morgan fingerprint density at radius 2 is 1.39 bits per heavy atom. The molecule has 5 aliphatic carbocycles. The largest absolute Gasteiger partial charge is 0.469 e. The van der Waals surface area contributed by atoms with Gasteiger partial charge in [0.2, 0.25) is 0 Å². The Bertz CT molecular complexity index is 1520. The van der Waals surface area contributed by atoms with E-state index in [1.54, 1.807) is 0 Å². The van der Waals surface area contributed by atoms with Crippen LogP contribution in [0, 0.1) is 50.2 Å². The monoisotopic (exact) mass is 810 g/mol. The third kappa shape index (κ3) is 6.61. The maximum atomic E-state index is 13.6. The maximum absolute atomic E-state index is 13.6. The SMILES string of the molecule is COC(=O)[C@]12CCC(C)(C)C[C@H]1C1=CC[C@@H]3[C@@]4(C)CC[C@H](O[C@@H]5O[C@H](CO[C@H]6O[C@H](CO)[C@@H](O)[C@H](O)[C@H]6O)[C@@H](O)[C@H](O)[C@H]5O)[C@@](C)(CO)C4CC[C@@]3(C)[C@]1(C)CC2. The van der Waals surface area contributed by atoms with E-state index in [-0.39, 0.29) is 46.1 Å². The highest BCUT2D eigenvalue weighted by molar-refractivity contribution is 5.78. The number of rotatable bonds is 8. The molecule has 0 bridgehead atoms. The molecule has 57 heavy (non-hydrogen) atoms. The van der Waals surface area contributed by atoms with E-state index in [1.807, 2.05) is 6.92 Å². The molecular weight excluding hydrogens is 740 g/mol. The number of carbonyl (C=O) groups excluding carboxylic acids is 1. The maximum Gasteiger partial charge on any atom is 0.312 e. The third-order valence-electron chi connectivity index (χ3n) is 17.6. The Kier molecular flexibility index (Phi) is 11.7. The topological polar surface area (TPSA) is 225 Å². The van der Waals surface area contributed by atoms with Crippen LogP contribution in [0.5, 0.6) is 0 Å². The second kappa shape index (κ2) is 15.3. The van der Waals surface area contributed by atoms with Gasteiger partial charge < -0.3 is 64.5 Å². The number of ether oxygens (including phenoxy) is 5. The lowest BCUT2D eigenvalue weighted by atomic mass is 9.33. The zero-order valence-electron chi connectivity index (χ0n) is 34.9. The normalized spacial score (nSPS) is 53.4. The van der Waals surface area contributed by atoms with Crippen LogP contribution in [0.2, 0.25) is 0 Å². The number of allylic oxidation sites excluding steroid dienone is 2. The summed E-state index contributed by atoms with van der Waals surface area (Å²) in [7, 11) is 1.53. The molecule has 8 N–H and O–H groups in total. The summed E-state index contributed by atoms with van der Waals surface area (Å²) in [5.41, 5.74) is 0.0345. The van der Waals surface area contributed by atoms with Crippen LogP contribution in [-0.4, -0.2) is 141 Å². The molecule has 0 radical (unpaired) electrons. The molecule has 14 heteroatoms. The Hall–Kier alpha value is -1.27. The number of aliphatic hydroxyl groups is 8. The van der Waals surface area contributed by atoms with Gasteiger partial charge in [-0.1, -0.05) is 53.2 Å². The molecule has 326 valence electrons. The summed E-state index contributed by atoms with van der Waals surface area (Å²) in [5, 5.41) is 84.5. The van der Waals surface area contributed by atoms with Gasteiger partial charge in [-0.2, -0.15) is 0 Å². The first-order valence-electron chi connectivity index (χ1n) is 21.3. The van der Waals surface area contributed by atoms with E-state index < -0.39 is 91.6 Å². The average molecular weight is 811 g/mol. The molecule has 14 nitrogen and oxygen atoms in total. The predicted octanol–water partition coefficient (Wildman–Crippen LogP) is 1.94. The van der Waals surface area contributed by atoms with Gasteiger partial charge >= 0.3 is 5.97 Å². The Morgan fingerprint density at radius 1 is 0.754 bits per heavy atom. The highest BCUT2D eigenvalue weighted by Gasteiger charge is 2.70. The molecule has 0 aromatic carbocycles. The number of esters is 1. The molecule has 0 aromatic rings. The standard InChI is InChI=1S/C43H70O14/c1-38(2)14-16-43(37(52)53-7)17-15-41(5)22(23(43)18-38)8-9-27-39(3)12-11-28(40(4,21-45)26(39)10-13-42(27,41)6)57-36-34(51)32(49)30(47)25(56-36)20-54-35-33(50)31(48)29(46)24(19-44)55-35/h8,23-36,44-51H,9-21H2,1-7H3/t23-,24+,25+,26?,27+,28-,29+,30+,31-,32-,33+,34+,35-,36-,39-,40-,41+,42+,43-/m0/s1. The number of fused-ring (bicyclic) bond motifs is 7. The fourth-order valence-corrected chi connectivity index (χ4v) is 13.8. The molecular formula is C43H70O14. The molecule has 19 atom stereocenters. The van der Waals surface area contributed by atoms with Gasteiger partial charge in [-0.15, -0.1) is 0 Å². The second-order valence-corrected chi connectivity index (χ2v) is 20.7. The van der Waals surface area contributed by atoms with E-state index in [0.29, 0.717) is 12.3 Å². The molecule has 0 aromatic heterocycles. The summed E-state index contributed by atoms with van der Waals surface area (Å²) in [6.07, 6.45) is -4.62. The zero-order valence-corrected chi connectivity index (χ0v) is 34.9. The molecule has 4 saturated carbocycles. The first kappa shape index (κ1) is 43.8. The molecule has 7 rings (SSSR count). The molecule has 0 amide bonds. The highest BCUT2D eigenvalue weighted by Crippen LogP contribution is 2.76. The van der Waals surface area contributed by atoms with Gasteiger partial charge in [-0.25, -0.2) is 0 Å². The van der Waals surface area contributed by atoms with Crippen molar-refractivity contribution in [2.75, 3.05) is 26.9 Å². The highest BCUT2D eigenvalue weighted by atomic mass is 16.7. The van der Waals surface area contributed by atoms with Crippen molar-refractivity contribution in [2.45, 2.75) is 173 Å². The quantitative estimate of drug-likeness (QED) is 0.0998. The first-order chi connectivity index (χ1) is 26.7. The Labute approximate surface area is 336 Å². The predicted molar refractivity (Wildman–Crippen MR) is 204 cm³/mol. The van der Waals surface area contributed by atoms with Gasteiger partial charge in [-0.3, -0.25) is 4.79 Å². The van der Waals surface area contributed by atoms with Crippen LogP contribution < -0.4 is 0 Å². The van der Waals surface area contributed by atoms with Crippen LogP contribution in [0.25, 0.3) is 0 Å². The average Bonchev–Trinajstić information content (AvgIpc) is 3.18. The van der Waals surface area contributed by atoms with E-state index in [2.05, 4.69) is 40.7 Å². The number of aliphatic hydroxyl groups excluding tert-OH is 8. The smallest absolute Gasteiger partial charge is 0.312 e. The summed E-state index contributed by atoms with van der Waals surface area (Å²) in [6, 6.07) is 0. The number of methoxy groups -OCH3 is 1. The number of hydrogen-bond acceptors (Lipinski definition) is 14. The third-order valence-corrected chi connectivity index (χ3v) is 17.6. The molecule has 6 fully saturated rings. The minimum Gasteiger partial charge on any atom is -0.469 e. The van der Waals surface area contributed by atoms with E-state index in [1.165, 1.54) is 12.7 Å². The summed E-state index contributed by atoms with van der Waals surface area (Å²) in [6.45, 7) is 12.8. The second-order valence-electron chi connectivity index (χ2n) is 20.7. The summed E-state index contributed by atoms with van der Waals surface area (Å²) in [5.74, 6) is 0.444. The van der Waals surface area contributed by atoms with Crippen molar-refractivity contribution in [1.82, 2.24) is 0 Å². The summed E-state index contributed by atoms with van der Waals surface area (Å²) >= 11 is 0.